The molecule has 0 fully saturated rings. The molecule has 2 aromatic rings. The highest BCUT2D eigenvalue weighted by atomic mass is 35.5. The van der Waals surface area contributed by atoms with Crippen LogP contribution in [0.3, 0.4) is 0 Å². The number of carbonyl (C=O) groups is 1. The Kier molecular flexibility index (Phi) is 3.43. The topological polar surface area (TPSA) is 62.2 Å². The summed E-state index contributed by atoms with van der Waals surface area (Å²) in [5, 5.41) is 12.1. The molecule has 0 saturated carbocycles. The van der Waals surface area contributed by atoms with E-state index in [1.807, 2.05) is 0 Å². The Bertz CT molecular complexity index is 584. The molecule has 0 aliphatic heterocycles. The number of aromatic nitrogens is 1. The number of hydrogen-bond acceptors (Lipinski definition) is 3. The standard InChI is InChI=1S/C12H8ClFN2O2/c13-7-4-5-15-6-9(7)16-12(18)11-8(14)2-1-3-10(11)17/h1-6,17H,(H,16,18). The van der Waals surface area contributed by atoms with Gasteiger partial charge >= 0.3 is 0 Å². The van der Waals surface area contributed by atoms with Crippen LogP contribution in [-0.4, -0.2) is 16.0 Å². The summed E-state index contributed by atoms with van der Waals surface area (Å²) in [5.74, 6) is -2.04. The molecule has 1 amide bonds. The van der Waals surface area contributed by atoms with Crippen molar-refractivity contribution >= 4 is 23.2 Å². The van der Waals surface area contributed by atoms with Crippen LogP contribution >= 0.6 is 11.6 Å². The fourth-order valence-electron chi connectivity index (χ4n) is 1.39. The molecule has 2 rings (SSSR count). The Hall–Kier alpha value is -2.14. The van der Waals surface area contributed by atoms with Crippen LogP contribution in [0.25, 0.3) is 0 Å². The summed E-state index contributed by atoms with van der Waals surface area (Å²) in [6.07, 6.45) is 2.79. The molecule has 0 aliphatic carbocycles. The summed E-state index contributed by atoms with van der Waals surface area (Å²) in [7, 11) is 0. The van der Waals surface area contributed by atoms with Crippen molar-refractivity contribution in [3.05, 3.63) is 53.1 Å². The van der Waals surface area contributed by atoms with Gasteiger partial charge in [0.2, 0.25) is 0 Å². The van der Waals surface area contributed by atoms with Gasteiger partial charge in [-0.1, -0.05) is 17.7 Å². The normalized spacial score (nSPS) is 10.1. The molecular weight excluding hydrogens is 259 g/mol. The number of anilines is 1. The Balaban J connectivity index is 2.31. The molecule has 4 nitrogen and oxygen atoms in total. The molecule has 0 radical (unpaired) electrons. The van der Waals surface area contributed by atoms with Crippen LogP contribution in [0.5, 0.6) is 5.75 Å². The maximum absolute atomic E-state index is 13.4. The van der Waals surface area contributed by atoms with Crippen LogP contribution in [0.2, 0.25) is 5.02 Å². The smallest absolute Gasteiger partial charge is 0.262 e. The number of halogens is 2. The summed E-state index contributed by atoms with van der Waals surface area (Å²) in [6, 6.07) is 5.10. The second-order valence-electron chi connectivity index (χ2n) is 3.44. The molecule has 1 aromatic heterocycles. The van der Waals surface area contributed by atoms with E-state index in [4.69, 9.17) is 11.6 Å². The van der Waals surface area contributed by atoms with Crippen molar-refractivity contribution in [3.63, 3.8) is 0 Å². The number of pyridine rings is 1. The van der Waals surface area contributed by atoms with Crippen LogP contribution < -0.4 is 5.32 Å². The number of rotatable bonds is 2. The van der Waals surface area contributed by atoms with Gasteiger partial charge in [0.05, 0.1) is 16.9 Å². The molecule has 1 heterocycles. The lowest BCUT2D eigenvalue weighted by Crippen LogP contribution is -2.14. The number of hydrogen-bond donors (Lipinski definition) is 2. The average Bonchev–Trinajstić information content (AvgIpc) is 2.32. The second kappa shape index (κ2) is 5.01. The van der Waals surface area contributed by atoms with Gasteiger partial charge in [-0.2, -0.15) is 0 Å². The molecule has 2 N–H and O–H groups in total. The minimum absolute atomic E-state index is 0.242. The van der Waals surface area contributed by atoms with Gasteiger partial charge in [0.25, 0.3) is 5.91 Å². The van der Waals surface area contributed by atoms with Crippen molar-refractivity contribution in [2.45, 2.75) is 0 Å². The summed E-state index contributed by atoms with van der Waals surface area (Å²) in [5.41, 5.74) is -0.191. The first kappa shape index (κ1) is 12.3. The Morgan fingerprint density at radius 2 is 2.17 bits per heavy atom. The molecule has 92 valence electrons. The van der Waals surface area contributed by atoms with E-state index in [-0.39, 0.29) is 10.7 Å². The van der Waals surface area contributed by atoms with E-state index in [0.29, 0.717) is 0 Å². The molecule has 18 heavy (non-hydrogen) atoms. The largest absolute Gasteiger partial charge is 0.507 e. The van der Waals surface area contributed by atoms with Crippen LogP contribution in [-0.2, 0) is 0 Å². The SMILES string of the molecule is O=C(Nc1cnccc1Cl)c1c(O)cccc1F. The third kappa shape index (κ3) is 2.41. The van der Waals surface area contributed by atoms with Gasteiger partial charge < -0.3 is 10.4 Å². The molecule has 0 spiro atoms. The van der Waals surface area contributed by atoms with E-state index in [1.54, 1.807) is 0 Å². The van der Waals surface area contributed by atoms with Gasteiger partial charge in [0.1, 0.15) is 17.1 Å². The zero-order chi connectivity index (χ0) is 13.1. The first-order valence-electron chi connectivity index (χ1n) is 4.98. The van der Waals surface area contributed by atoms with Crippen molar-refractivity contribution in [1.29, 1.82) is 0 Å². The van der Waals surface area contributed by atoms with E-state index >= 15 is 0 Å². The third-order valence-corrected chi connectivity index (χ3v) is 2.56. The summed E-state index contributed by atoms with van der Waals surface area (Å²) >= 11 is 5.82. The van der Waals surface area contributed by atoms with Crippen molar-refractivity contribution in [1.82, 2.24) is 4.98 Å². The second-order valence-corrected chi connectivity index (χ2v) is 3.85. The summed E-state index contributed by atoms with van der Waals surface area (Å²) < 4.78 is 13.4. The maximum atomic E-state index is 13.4. The van der Waals surface area contributed by atoms with E-state index in [2.05, 4.69) is 10.3 Å². The maximum Gasteiger partial charge on any atom is 0.262 e. The van der Waals surface area contributed by atoms with Gasteiger partial charge in [0.15, 0.2) is 0 Å². The molecule has 0 atom stereocenters. The van der Waals surface area contributed by atoms with Gasteiger partial charge in [-0.05, 0) is 18.2 Å². The summed E-state index contributed by atoms with van der Waals surface area (Å²) in [6.45, 7) is 0. The molecular formula is C12H8ClFN2O2. The predicted molar refractivity (Wildman–Crippen MR) is 65.3 cm³/mol. The fourth-order valence-corrected chi connectivity index (χ4v) is 1.54. The first-order chi connectivity index (χ1) is 8.59. The lowest BCUT2D eigenvalue weighted by atomic mass is 10.1. The number of amides is 1. The van der Waals surface area contributed by atoms with Crippen molar-refractivity contribution in [2.75, 3.05) is 5.32 Å². The number of phenolic OH excluding ortho intramolecular Hbond substituents is 1. The van der Waals surface area contributed by atoms with Crippen LogP contribution in [0, 0.1) is 5.82 Å². The van der Waals surface area contributed by atoms with Gasteiger partial charge in [-0.3, -0.25) is 9.78 Å². The molecule has 0 aliphatic rings. The van der Waals surface area contributed by atoms with Crippen molar-refractivity contribution < 1.29 is 14.3 Å². The molecule has 0 saturated heterocycles. The van der Waals surface area contributed by atoms with E-state index in [1.165, 1.54) is 30.6 Å². The average molecular weight is 267 g/mol. The zero-order valence-electron chi connectivity index (χ0n) is 9.02. The highest BCUT2D eigenvalue weighted by Gasteiger charge is 2.17. The van der Waals surface area contributed by atoms with Gasteiger partial charge in [-0.25, -0.2) is 4.39 Å². The van der Waals surface area contributed by atoms with Crippen molar-refractivity contribution in [3.8, 4) is 5.75 Å². The third-order valence-electron chi connectivity index (χ3n) is 2.23. The summed E-state index contributed by atoms with van der Waals surface area (Å²) in [4.78, 5) is 15.6. The van der Waals surface area contributed by atoms with E-state index in [0.717, 1.165) is 6.07 Å². The fraction of sp³-hybridized carbons (Fsp3) is 0. The number of nitrogens with zero attached hydrogens (tertiary/aromatic N) is 1. The van der Waals surface area contributed by atoms with E-state index < -0.39 is 23.0 Å². The Labute approximate surface area is 107 Å². The monoisotopic (exact) mass is 266 g/mol. The minimum Gasteiger partial charge on any atom is -0.507 e. The van der Waals surface area contributed by atoms with Gasteiger partial charge in [-0.15, -0.1) is 0 Å². The van der Waals surface area contributed by atoms with Crippen molar-refractivity contribution in [2.24, 2.45) is 0 Å². The highest BCUT2D eigenvalue weighted by molar-refractivity contribution is 6.33. The number of benzene rings is 1. The number of carbonyl (C=O) groups excluding carboxylic acids is 1. The first-order valence-corrected chi connectivity index (χ1v) is 5.35. The van der Waals surface area contributed by atoms with Gasteiger partial charge in [0, 0.05) is 6.20 Å². The lowest BCUT2D eigenvalue weighted by Gasteiger charge is -2.08. The molecule has 6 heteroatoms. The van der Waals surface area contributed by atoms with Crippen LogP contribution in [0.15, 0.2) is 36.7 Å². The Morgan fingerprint density at radius 3 is 2.83 bits per heavy atom. The molecule has 0 bridgehead atoms. The highest BCUT2D eigenvalue weighted by Crippen LogP contribution is 2.24. The van der Waals surface area contributed by atoms with Crippen LogP contribution in [0.1, 0.15) is 10.4 Å². The zero-order valence-corrected chi connectivity index (χ0v) is 9.78. The number of phenols is 1. The number of aromatic hydroxyl groups is 1. The minimum atomic E-state index is -0.812. The number of nitrogens with one attached hydrogen (secondary N) is 1. The van der Waals surface area contributed by atoms with Crippen LogP contribution in [0.4, 0.5) is 10.1 Å². The Morgan fingerprint density at radius 1 is 1.39 bits per heavy atom. The lowest BCUT2D eigenvalue weighted by molar-refractivity contribution is 0.102. The molecule has 1 aromatic carbocycles. The molecule has 0 unspecified atom stereocenters. The quantitative estimate of drug-likeness (QED) is 0.879. The predicted octanol–water partition coefficient (Wildman–Crippen LogP) is 2.83. The van der Waals surface area contributed by atoms with E-state index in [9.17, 15) is 14.3 Å².